The third-order valence-corrected chi connectivity index (χ3v) is 0. The molecule has 0 atom stereocenters. The standard InChI is InChI=1S/Cr.Cu.Mg.Mn.H2Se.2H/h;;;;1H2;;. The maximum absolute atomic E-state index is 0. The molecule has 0 rings (SSSR count). The summed E-state index contributed by atoms with van der Waals surface area (Å²) in [6.07, 6.45) is 0. The van der Waals surface area contributed by atoms with Gasteiger partial charge in [-0.2, -0.15) is 0 Å². The minimum atomic E-state index is 0. The van der Waals surface area contributed by atoms with E-state index in [0.29, 0.717) is 0 Å². The van der Waals surface area contributed by atoms with Crippen molar-refractivity contribution in [2.45, 2.75) is 0 Å². The van der Waals surface area contributed by atoms with E-state index in [2.05, 4.69) is 0 Å². The number of hydrogen-bond acceptors (Lipinski definition) is 0. The van der Waals surface area contributed by atoms with Crippen molar-refractivity contribution in [1.82, 2.24) is 0 Å². The van der Waals surface area contributed by atoms with Gasteiger partial charge in [-0.3, -0.25) is 0 Å². The van der Waals surface area contributed by atoms with Crippen LogP contribution in [0.15, 0.2) is 0 Å². The predicted molar refractivity (Wildman–Crippen MR) is 17.1 cm³/mol. The summed E-state index contributed by atoms with van der Waals surface area (Å²) in [5.74, 6) is 0. The van der Waals surface area contributed by atoms with Gasteiger partial charge in [0.25, 0.3) is 0 Å². The Kier molecular flexibility index (Phi) is 261. The predicted octanol–water partition coefficient (Wildman–Crippen LogP) is -1.84. The molecule has 0 bridgehead atoms. The van der Waals surface area contributed by atoms with Crippen LogP contribution in [0, 0.1) is 0 Å². The summed E-state index contributed by atoms with van der Waals surface area (Å²) < 4.78 is 0. The molecule has 0 N–H and O–H groups in total. The van der Waals surface area contributed by atoms with Gasteiger partial charge in [-0.25, -0.2) is 0 Å². The Morgan fingerprint density at radius 3 is 1.00 bits per heavy atom. The Hall–Kier alpha value is 2.86. The third kappa shape index (κ3) is 19.8. The summed E-state index contributed by atoms with van der Waals surface area (Å²) in [7, 11) is 0. The van der Waals surface area contributed by atoms with Crippen molar-refractivity contribution in [3.05, 3.63) is 0 Å². The molecule has 36 valence electrons. The number of rotatable bonds is 0. The van der Waals surface area contributed by atoms with Gasteiger partial charge >= 0.3 is 40.1 Å². The average molecular weight is 278 g/mol. The van der Waals surface area contributed by atoms with Crippen molar-refractivity contribution in [1.29, 1.82) is 0 Å². The molecule has 0 spiro atoms. The Morgan fingerprint density at radius 2 is 1.00 bits per heavy atom. The summed E-state index contributed by atoms with van der Waals surface area (Å²) in [6.45, 7) is 0. The van der Waals surface area contributed by atoms with E-state index >= 15 is 0 Å². The SMILES string of the molecule is [Cr].[Cu].[MgH2].[Mn].[SeH2]. The van der Waals surface area contributed by atoms with Gasteiger partial charge in [0, 0.05) is 51.5 Å². The molecular weight excluding hydrogens is 274 g/mol. The molecule has 0 saturated carbocycles. The second-order valence-corrected chi connectivity index (χ2v) is 0. The van der Waals surface area contributed by atoms with E-state index in [1.54, 1.807) is 0 Å². The first-order valence-electron chi connectivity index (χ1n) is 0. The summed E-state index contributed by atoms with van der Waals surface area (Å²) in [5, 5.41) is 0. The van der Waals surface area contributed by atoms with Crippen LogP contribution in [0.3, 0.4) is 0 Å². The van der Waals surface area contributed by atoms with Gasteiger partial charge < -0.3 is 0 Å². The van der Waals surface area contributed by atoms with Crippen molar-refractivity contribution in [3.8, 4) is 0 Å². The van der Waals surface area contributed by atoms with Crippen molar-refractivity contribution in [3.63, 3.8) is 0 Å². The fourth-order valence-corrected chi connectivity index (χ4v) is 0. The molecule has 0 heterocycles. The molecule has 2 radical (unpaired) electrons. The molecule has 0 nitrogen and oxygen atoms in total. The molecule has 0 aliphatic carbocycles. The maximum atomic E-state index is 0. The Morgan fingerprint density at radius 1 is 1.00 bits per heavy atom. The molecule has 0 aromatic carbocycles. The summed E-state index contributed by atoms with van der Waals surface area (Å²) >= 11 is 0. The van der Waals surface area contributed by atoms with E-state index in [0.717, 1.165) is 0 Å². The van der Waals surface area contributed by atoms with Gasteiger partial charge in [0.05, 0.1) is 0 Å². The molecule has 5 heteroatoms. The molecule has 0 aromatic heterocycles. The monoisotopic (exact) mass is 278 g/mol. The molecular formula is H4CrCuMgMnSe. The van der Waals surface area contributed by atoms with E-state index in [-0.39, 0.29) is 91.6 Å². The van der Waals surface area contributed by atoms with E-state index in [9.17, 15) is 0 Å². The van der Waals surface area contributed by atoms with Gasteiger partial charge in [-0.15, -0.1) is 0 Å². The van der Waals surface area contributed by atoms with Crippen LogP contribution in [-0.2, 0) is 51.5 Å². The van der Waals surface area contributed by atoms with Crippen LogP contribution in [0.5, 0.6) is 0 Å². The molecule has 0 aliphatic heterocycles. The van der Waals surface area contributed by atoms with Crippen LogP contribution in [0.25, 0.3) is 0 Å². The van der Waals surface area contributed by atoms with E-state index in [4.69, 9.17) is 0 Å². The zero-order chi connectivity index (χ0) is 0. The molecule has 5 heavy (non-hydrogen) atoms. The molecule has 0 amide bonds. The van der Waals surface area contributed by atoms with E-state index in [1.807, 2.05) is 0 Å². The minimum absolute atomic E-state index is 0. The zero-order valence-corrected chi connectivity index (χ0v) is 7.08. The van der Waals surface area contributed by atoms with Crippen molar-refractivity contribution >= 4 is 40.1 Å². The van der Waals surface area contributed by atoms with Crippen LogP contribution < -0.4 is 0 Å². The van der Waals surface area contributed by atoms with Crippen LogP contribution in [-0.4, -0.2) is 40.1 Å². The molecule has 0 saturated heterocycles. The van der Waals surface area contributed by atoms with Gasteiger partial charge in [0.1, 0.15) is 0 Å². The fourth-order valence-electron chi connectivity index (χ4n) is 0. The summed E-state index contributed by atoms with van der Waals surface area (Å²) in [6, 6.07) is 0. The molecule has 0 aromatic rings. The second-order valence-electron chi connectivity index (χ2n) is 0. The Balaban J connectivity index is 0. The van der Waals surface area contributed by atoms with Crippen molar-refractivity contribution in [2.75, 3.05) is 0 Å². The summed E-state index contributed by atoms with van der Waals surface area (Å²) in [5.41, 5.74) is 0. The van der Waals surface area contributed by atoms with Crippen molar-refractivity contribution in [2.24, 2.45) is 0 Å². The van der Waals surface area contributed by atoms with Gasteiger partial charge in [0.2, 0.25) is 0 Å². The second kappa shape index (κ2) is 28.8. The Bertz CT molecular complexity index is 11.6. The van der Waals surface area contributed by atoms with Crippen LogP contribution in [0.1, 0.15) is 0 Å². The average Bonchev–Trinajstić information content (AvgIpc) is 0. The van der Waals surface area contributed by atoms with Gasteiger partial charge in [-0.05, 0) is 0 Å². The molecule has 0 unspecified atom stereocenters. The first-order valence-corrected chi connectivity index (χ1v) is 0. The molecule has 0 fully saturated rings. The topological polar surface area (TPSA) is 0 Å². The summed E-state index contributed by atoms with van der Waals surface area (Å²) in [4.78, 5) is 0. The number of hydrogen-bond donors (Lipinski definition) is 0. The van der Waals surface area contributed by atoms with Crippen LogP contribution in [0.4, 0.5) is 0 Å². The first-order chi connectivity index (χ1) is 0. The van der Waals surface area contributed by atoms with Gasteiger partial charge in [-0.1, -0.05) is 0 Å². The quantitative estimate of drug-likeness (QED) is 0.457. The fraction of sp³-hybridized carbons (Fsp3) is 0. The van der Waals surface area contributed by atoms with E-state index in [1.165, 1.54) is 0 Å². The van der Waals surface area contributed by atoms with Crippen LogP contribution in [0.2, 0.25) is 0 Å². The normalized spacial score (nSPS) is 0. The molecule has 0 aliphatic rings. The van der Waals surface area contributed by atoms with E-state index < -0.39 is 0 Å². The van der Waals surface area contributed by atoms with Crippen LogP contribution >= 0.6 is 0 Å². The first kappa shape index (κ1) is 45.3. The third-order valence-electron chi connectivity index (χ3n) is 0. The zero-order valence-electron chi connectivity index (χ0n) is 1.59. The Labute approximate surface area is 90.3 Å². The van der Waals surface area contributed by atoms with Gasteiger partial charge in [0.15, 0.2) is 0 Å². The van der Waals surface area contributed by atoms with Crippen molar-refractivity contribution < 1.29 is 51.5 Å².